The average Bonchev–Trinajstić information content (AvgIpc) is 2.76. The molecule has 0 bridgehead atoms. The highest BCUT2D eigenvalue weighted by molar-refractivity contribution is 4.59. The van der Waals surface area contributed by atoms with Gasteiger partial charge in [-0.2, -0.15) is 0 Å². The smallest absolute Gasteiger partial charge is 0.0701 e. The normalized spacial score (nSPS) is 24.0. The second-order valence-corrected chi connectivity index (χ2v) is 2.11. The van der Waals surface area contributed by atoms with E-state index >= 15 is 0 Å². The van der Waals surface area contributed by atoms with Crippen molar-refractivity contribution in [3.05, 3.63) is 0 Å². The minimum absolute atomic E-state index is 1.00. The Kier molecular flexibility index (Phi) is 3.68. The van der Waals surface area contributed by atoms with E-state index < -0.39 is 0 Å². The molecule has 0 amide bonds. The number of rotatable bonds is 0. The van der Waals surface area contributed by atoms with Crippen molar-refractivity contribution in [1.82, 2.24) is 10.6 Å². The van der Waals surface area contributed by atoms with Crippen LogP contribution in [0.15, 0.2) is 0 Å². The van der Waals surface area contributed by atoms with E-state index in [9.17, 15) is 0 Å². The fraction of sp³-hybridized carbons (Fsp3) is 1.00. The van der Waals surface area contributed by atoms with Crippen LogP contribution < -0.4 is 10.6 Å². The lowest BCUT2D eigenvalue weighted by Gasteiger charge is -2.11. The summed E-state index contributed by atoms with van der Waals surface area (Å²) in [7, 11) is 0. The summed E-state index contributed by atoms with van der Waals surface area (Å²) in [5.41, 5.74) is 0. The Labute approximate surface area is 55.8 Å². The van der Waals surface area contributed by atoms with E-state index in [2.05, 4.69) is 15.4 Å². The van der Waals surface area contributed by atoms with Gasteiger partial charge in [-0.25, -0.2) is 0 Å². The molecule has 3 heteroatoms. The number of epoxide rings is 1. The molecule has 2 N–H and O–H groups in total. The van der Waals surface area contributed by atoms with Gasteiger partial charge in [-0.05, 0) is 0 Å². The molecule has 2 rings (SSSR count). The van der Waals surface area contributed by atoms with Crippen molar-refractivity contribution >= 4 is 0 Å². The Morgan fingerprint density at radius 2 is 1.11 bits per heavy atom. The maximum atomic E-state index is 4.50. The van der Waals surface area contributed by atoms with Crippen molar-refractivity contribution in [1.29, 1.82) is 0 Å². The first-order valence-electron chi connectivity index (χ1n) is 3.49. The SMILES string of the molecule is C1CNCCN1.C1CO1. The van der Waals surface area contributed by atoms with Gasteiger partial charge in [0.2, 0.25) is 0 Å². The molecule has 9 heavy (non-hydrogen) atoms. The number of hydrogen-bond acceptors (Lipinski definition) is 3. The van der Waals surface area contributed by atoms with Crippen LogP contribution in [0.2, 0.25) is 0 Å². The highest BCUT2D eigenvalue weighted by Gasteiger charge is 1.94. The van der Waals surface area contributed by atoms with Crippen molar-refractivity contribution in [2.24, 2.45) is 0 Å². The van der Waals surface area contributed by atoms with Gasteiger partial charge < -0.3 is 15.4 Å². The fourth-order valence-corrected chi connectivity index (χ4v) is 0.604. The zero-order valence-electron chi connectivity index (χ0n) is 5.65. The van der Waals surface area contributed by atoms with Gasteiger partial charge in [-0.1, -0.05) is 0 Å². The second kappa shape index (κ2) is 4.73. The van der Waals surface area contributed by atoms with Gasteiger partial charge in [0.15, 0.2) is 0 Å². The third-order valence-corrected chi connectivity index (χ3v) is 1.16. The molecule has 54 valence electrons. The second-order valence-electron chi connectivity index (χ2n) is 2.11. The van der Waals surface area contributed by atoms with Crippen LogP contribution in [0.4, 0.5) is 0 Å². The third kappa shape index (κ3) is 5.76. The van der Waals surface area contributed by atoms with Gasteiger partial charge in [-0.15, -0.1) is 0 Å². The molecule has 0 radical (unpaired) electrons. The summed E-state index contributed by atoms with van der Waals surface area (Å²) in [6.45, 7) is 6.56. The fourth-order valence-electron chi connectivity index (χ4n) is 0.604. The molecule has 2 saturated heterocycles. The molecular formula is C6H14N2O. The zero-order valence-corrected chi connectivity index (χ0v) is 5.65. The van der Waals surface area contributed by atoms with Crippen LogP contribution in [0, 0.1) is 0 Å². The Balaban J connectivity index is 0.000000112. The lowest BCUT2D eigenvalue weighted by molar-refractivity contribution is 0.475. The van der Waals surface area contributed by atoms with Crippen molar-refractivity contribution < 1.29 is 4.74 Å². The molecular weight excluding hydrogens is 116 g/mol. The first-order valence-corrected chi connectivity index (χ1v) is 3.49. The van der Waals surface area contributed by atoms with Crippen molar-refractivity contribution in [2.45, 2.75) is 0 Å². The van der Waals surface area contributed by atoms with Gasteiger partial charge in [-0.3, -0.25) is 0 Å². The number of hydrogen-bond donors (Lipinski definition) is 2. The summed E-state index contributed by atoms with van der Waals surface area (Å²) in [5, 5.41) is 6.44. The molecule has 0 saturated carbocycles. The number of piperazine rings is 1. The highest BCUT2D eigenvalue weighted by atomic mass is 16.6. The molecule has 2 aliphatic rings. The Morgan fingerprint density at radius 1 is 0.778 bits per heavy atom. The summed E-state index contributed by atoms with van der Waals surface area (Å²) < 4.78 is 4.50. The van der Waals surface area contributed by atoms with Gasteiger partial charge in [0.05, 0.1) is 13.2 Å². The van der Waals surface area contributed by atoms with E-state index in [1.165, 1.54) is 0 Å². The topological polar surface area (TPSA) is 36.6 Å². The van der Waals surface area contributed by atoms with E-state index in [1.807, 2.05) is 0 Å². The van der Waals surface area contributed by atoms with Crippen molar-refractivity contribution in [2.75, 3.05) is 39.4 Å². The third-order valence-electron chi connectivity index (χ3n) is 1.16. The Morgan fingerprint density at radius 3 is 1.22 bits per heavy atom. The molecule has 0 aromatic carbocycles. The molecule has 2 aliphatic heterocycles. The Bertz CT molecular complexity index is 47.8. The lowest BCUT2D eigenvalue weighted by atomic mass is 10.4. The van der Waals surface area contributed by atoms with E-state index in [-0.39, 0.29) is 0 Å². The van der Waals surface area contributed by atoms with Crippen LogP contribution in [0.5, 0.6) is 0 Å². The Hall–Kier alpha value is -0.120. The van der Waals surface area contributed by atoms with E-state index in [4.69, 9.17) is 0 Å². The van der Waals surface area contributed by atoms with E-state index in [0.29, 0.717) is 0 Å². The molecule has 0 aromatic rings. The summed E-state index contributed by atoms with van der Waals surface area (Å²) in [5.74, 6) is 0. The maximum absolute atomic E-state index is 4.50. The van der Waals surface area contributed by atoms with Crippen molar-refractivity contribution in [3.63, 3.8) is 0 Å². The zero-order chi connectivity index (χ0) is 6.36. The van der Waals surface area contributed by atoms with Gasteiger partial charge >= 0.3 is 0 Å². The number of ether oxygens (including phenoxy) is 1. The standard InChI is InChI=1S/C4H10N2.C2H4O/c1-2-6-4-3-5-1;1-2-3-1/h5-6H,1-4H2;1-2H2. The average molecular weight is 130 g/mol. The molecule has 0 atom stereocenters. The van der Waals surface area contributed by atoms with Gasteiger partial charge in [0.1, 0.15) is 0 Å². The molecule has 3 nitrogen and oxygen atoms in total. The molecule has 0 aromatic heterocycles. The quantitative estimate of drug-likeness (QED) is 0.421. The van der Waals surface area contributed by atoms with Crippen LogP contribution >= 0.6 is 0 Å². The van der Waals surface area contributed by atoms with Crippen LogP contribution in [0.3, 0.4) is 0 Å². The minimum atomic E-state index is 1.00. The van der Waals surface area contributed by atoms with E-state index in [1.54, 1.807) is 0 Å². The summed E-state index contributed by atoms with van der Waals surface area (Å²) in [4.78, 5) is 0. The largest absolute Gasteiger partial charge is 0.377 e. The first-order chi connectivity index (χ1) is 4.50. The first kappa shape index (κ1) is 6.99. The van der Waals surface area contributed by atoms with Gasteiger partial charge in [0.25, 0.3) is 0 Å². The monoisotopic (exact) mass is 130 g/mol. The van der Waals surface area contributed by atoms with Crippen molar-refractivity contribution in [3.8, 4) is 0 Å². The minimum Gasteiger partial charge on any atom is -0.377 e. The molecule has 2 heterocycles. The summed E-state index contributed by atoms with van der Waals surface area (Å²) in [6, 6.07) is 0. The van der Waals surface area contributed by atoms with Crippen LogP contribution in [-0.2, 0) is 4.74 Å². The summed E-state index contributed by atoms with van der Waals surface area (Å²) >= 11 is 0. The number of nitrogens with one attached hydrogen (secondary N) is 2. The van der Waals surface area contributed by atoms with Crippen LogP contribution in [0.25, 0.3) is 0 Å². The predicted octanol–water partition coefficient (Wildman–Crippen LogP) is -0.804. The predicted molar refractivity (Wildman–Crippen MR) is 36.6 cm³/mol. The van der Waals surface area contributed by atoms with Gasteiger partial charge in [0, 0.05) is 26.2 Å². The highest BCUT2D eigenvalue weighted by Crippen LogP contribution is 1.84. The molecule has 0 spiro atoms. The summed E-state index contributed by atoms with van der Waals surface area (Å²) in [6.07, 6.45) is 0. The molecule has 0 unspecified atom stereocenters. The lowest BCUT2D eigenvalue weighted by Crippen LogP contribution is -2.39. The van der Waals surface area contributed by atoms with Crippen LogP contribution in [-0.4, -0.2) is 39.4 Å². The van der Waals surface area contributed by atoms with Crippen LogP contribution in [0.1, 0.15) is 0 Å². The van der Waals surface area contributed by atoms with E-state index in [0.717, 1.165) is 39.4 Å². The molecule has 0 aliphatic carbocycles. The maximum Gasteiger partial charge on any atom is 0.0701 e. The molecule has 2 fully saturated rings.